The zero-order valence-electron chi connectivity index (χ0n) is 14.2. The predicted octanol–water partition coefficient (Wildman–Crippen LogP) is 1.51. The van der Waals surface area contributed by atoms with Crippen molar-refractivity contribution in [2.45, 2.75) is 45.8 Å². The number of hydrogen-bond acceptors (Lipinski definition) is 4. The summed E-state index contributed by atoms with van der Waals surface area (Å²) < 4.78 is 7.65. The van der Waals surface area contributed by atoms with Gasteiger partial charge in [-0.3, -0.25) is 9.80 Å². The van der Waals surface area contributed by atoms with Crippen molar-refractivity contribution in [2.75, 3.05) is 32.8 Å². The second kappa shape index (κ2) is 6.13. The van der Waals surface area contributed by atoms with Crippen molar-refractivity contribution >= 4 is 6.09 Å². The van der Waals surface area contributed by atoms with Crippen LogP contribution in [0.4, 0.5) is 4.79 Å². The van der Waals surface area contributed by atoms with Gasteiger partial charge in [0.15, 0.2) is 0 Å². The van der Waals surface area contributed by atoms with Crippen molar-refractivity contribution in [1.82, 2.24) is 19.4 Å². The van der Waals surface area contributed by atoms with E-state index in [2.05, 4.69) is 30.2 Å². The van der Waals surface area contributed by atoms with E-state index >= 15 is 0 Å². The third kappa shape index (κ3) is 3.35. The van der Waals surface area contributed by atoms with Gasteiger partial charge in [-0.15, -0.1) is 0 Å². The molecule has 23 heavy (non-hydrogen) atoms. The molecule has 1 N–H and O–H groups in total. The Hall–Kier alpha value is -1.60. The van der Waals surface area contributed by atoms with Crippen molar-refractivity contribution in [2.24, 2.45) is 0 Å². The van der Waals surface area contributed by atoms with Gasteiger partial charge in [0.25, 0.3) is 0 Å². The SMILES string of the molecule is CC(C)(C)c1c(CN2CCOCC2)nc2n1CCN(C(=O)O)C2. The topological polar surface area (TPSA) is 70.8 Å². The molecule has 1 fully saturated rings. The molecule has 0 aliphatic carbocycles. The molecule has 0 bridgehead atoms. The van der Waals surface area contributed by atoms with Crippen LogP contribution in [0.2, 0.25) is 0 Å². The molecular weight excluding hydrogens is 296 g/mol. The Morgan fingerprint density at radius 3 is 2.52 bits per heavy atom. The van der Waals surface area contributed by atoms with Gasteiger partial charge in [-0.1, -0.05) is 20.8 Å². The first-order valence-electron chi connectivity index (χ1n) is 8.23. The molecule has 7 nitrogen and oxygen atoms in total. The lowest BCUT2D eigenvalue weighted by Crippen LogP contribution is -2.38. The number of nitrogens with zero attached hydrogens (tertiary/aromatic N) is 4. The van der Waals surface area contributed by atoms with Crippen LogP contribution in [0.15, 0.2) is 0 Å². The van der Waals surface area contributed by atoms with Gasteiger partial charge in [0, 0.05) is 43.8 Å². The van der Waals surface area contributed by atoms with E-state index in [1.165, 1.54) is 10.6 Å². The second-order valence-electron chi connectivity index (χ2n) is 7.32. The maximum Gasteiger partial charge on any atom is 0.407 e. The van der Waals surface area contributed by atoms with E-state index < -0.39 is 6.09 Å². The van der Waals surface area contributed by atoms with Gasteiger partial charge in [-0.25, -0.2) is 9.78 Å². The molecule has 3 heterocycles. The number of carboxylic acid groups (broad SMARTS) is 1. The Kier molecular flexibility index (Phi) is 4.33. The molecule has 2 aliphatic rings. The first kappa shape index (κ1) is 16.3. The van der Waals surface area contributed by atoms with Crippen LogP contribution < -0.4 is 0 Å². The summed E-state index contributed by atoms with van der Waals surface area (Å²) in [6.45, 7) is 12.4. The molecule has 1 amide bonds. The fourth-order valence-corrected chi connectivity index (χ4v) is 3.47. The Balaban J connectivity index is 1.90. The van der Waals surface area contributed by atoms with Gasteiger partial charge >= 0.3 is 6.09 Å². The first-order chi connectivity index (χ1) is 10.9. The minimum Gasteiger partial charge on any atom is -0.465 e. The van der Waals surface area contributed by atoms with E-state index in [-0.39, 0.29) is 5.41 Å². The maximum absolute atomic E-state index is 11.2. The van der Waals surface area contributed by atoms with Gasteiger partial charge in [0.1, 0.15) is 5.82 Å². The number of fused-ring (bicyclic) bond motifs is 1. The lowest BCUT2D eigenvalue weighted by atomic mass is 9.90. The highest BCUT2D eigenvalue weighted by molar-refractivity contribution is 5.65. The van der Waals surface area contributed by atoms with Gasteiger partial charge in [-0.05, 0) is 0 Å². The normalized spacial score (nSPS) is 19.7. The standard InChI is InChI=1S/C16H26N4O3/c1-16(2,3)14-12(10-18-6-8-23-9-7-18)17-13-11-19(15(21)22)4-5-20(13)14/h4-11H2,1-3H3,(H,21,22). The zero-order valence-corrected chi connectivity index (χ0v) is 14.2. The minimum atomic E-state index is -0.869. The summed E-state index contributed by atoms with van der Waals surface area (Å²) in [5.41, 5.74) is 2.31. The molecule has 0 radical (unpaired) electrons. The monoisotopic (exact) mass is 322 g/mol. The number of morpholine rings is 1. The van der Waals surface area contributed by atoms with Gasteiger partial charge < -0.3 is 14.4 Å². The van der Waals surface area contributed by atoms with Crippen molar-refractivity contribution < 1.29 is 14.6 Å². The van der Waals surface area contributed by atoms with Crippen LogP contribution in [0, 0.1) is 0 Å². The highest BCUT2D eigenvalue weighted by atomic mass is 16.5. The van der Waals surface area contributed by atoms with Gasteiger partial charge in [-0.2, -0.15) is 0 Å². The third-order valence-electron chi connectivity index (χ3n) is 4.50. The molecule has 0 atom stereocenters. The van der Waals surface area contributed by atoms with E-state index in [1.807, 2.05) is 0 Å². The average Bonchev–Trinajstić information content (AvgIpc) is 2.84. The van der Waals surface area contributed by atoms with Crippen molar-refractivity contribution in [1.29, 1.82) is 0 Å². The van der Waals surface area contributed by atoms with E-state index in [0.29, 0.717) is 19.6 Å². The van der Waals surface area contributed by atoms with Crippen LogP contribution in [0.1, 0.15) is 38.0 Å². The maximum atomic E-state index is 11.2. The molecule has 0 aromatic carbocycles. The quantitative estimate of drug-likeness (QED) is 0.893. The largest absolute Gasteiger partial charge is 0.465 e. The second-order valence-corrected chi connectivity index (χ2v) is 7.32. The summed E-state index contributed by atoms with van der Waals surface area (Å²) >= 11 is 0. The highest BCUT2D eigenvalue weighted by Gasteiger charge is 2.31. The number of amides is 1. The van der Waals surface area contributed by atoms with E-state index in [9.17, 15) is 9.90 Å². The zero-order chi connectivity index (χ0) is 16.6. The summed E-state index contributed by atoms with van der Waals surface area (Å²) in [7, 11) is 0. The fraction of sp³-hybridized carbons (Fsp3) is 0.750. The summed E-state index contributed by atoms with van der Waals surface area (Å²) in [4.78, 5) is 19.9. The lowest BCUT2D eigenvalue weighted by molar-refractivity contribution is 0.0334. The van der Waals surface area contributed by atoms with E-state index in [4.69, 9.17) is 9.72 Å². The molecule has 0 saturated carbocycles. The van der Waals surface area contributed by atoms with Crippen LogP contribution in [-0.2, 0) is 29.8 Å². The Bertz CT molecular complexity index is 585. The van der Waals surface area contributed by atoms with Crippen LogP contribution in [0.25, 0.3) is 0 Å². The number of imidazole rings is 1. The number of carbonyl (C=O) groups is 1. The molecule has 1 aromatic rings. The number of hydrogen-bond donors (Lipinski definition) is 1. The van der Waals surface area contributed by atoms with Crippen LogP contribution in [0.3, 0.4) is 0 Å². The van der Waals surface area contributed by atoms with E-state index in [1.54, 1.807) is 0 Å². The fourth-order valence-electron chi connectivity index (χ4n) is 3.47. The molecule has 0 spiro atoms. The number of ether oxygens (including phenoxy) is 1. The van der Waals surface area contributed by atoms with Crippen LogP contribution >= 0.6 is 0 Å². The van der Waals surface area contributed by atoms with Crippen molar-refractivity contribution in [3.63, 3.8) is 0 Å². The van der Waals surface area contributed by atoms with Gasteiger partial charge in [0.05, 0.1) is 25.5 Å². The molecule has 3 rings (SSSR count). The number of rotatable bonds is 2. The molecule has 2 aliphatic heterocycles. The molecule has 1 aromatic heterocycles. The summed E-state index contributed by atoms with van der Waals surface area (Å²) in [6, 6.07) is 0. The molecule has 1 saturated heterocycles. The summed E-state index contributed by atoms with van der Waals surface area (Å²) in [5.74, 6) is 0.867. The van der Waals surface area contributed by atoms with Crippen molar-refractivity contribution in [3.8, 4) is 0 Å². The Morgan fingerprint density at radius 1 is 1.22 bits per heavy atom. The molecule has 0 unspecified atom stereocenters. The van der Waals surface area contributed by atoms with Crippen LogP contribution in [-0.4, -0.2) is 63.4 Å². The Morgan fingerprint density at radius 2 is 1.91 bits per heavy atom. The van der Waals surface area contributed by atoms with Gasteiger partial charge in [0.2, 0.25) is 0 Å². The number of aromatic nitrogens is 2. The van der Waals surface area contributed by atoms with Crippen molar-refractivity contribution in [3.05, 3.63) is 17.2 Å². The minimum absolute atomic E-state index is 0.0156. The predicted molar refractivity (Wildman–Crippen MR) is 85.5 cm³/mol. The van der Waals surface area contributed by atoms with Crippen LogP contribution in [0.5, 0.6) is 0 Å². The third-order valence-corrected chi connectivity index (χ3v) is 4.50. The highest BCUT2D eigenvalue weighted by Crippen LogP contribution is 2.30. The Labute approximate surface area is 136 Å². The summed E-state index contributed by atoms with van der Waals surface area (Å²) in [5, 5.41) is 9.23. The van der Waals surface area contributed by atoms with E-state index in [0.717, 1.165) is 44.4 Å². The molecule has 7 heteroatoms. The molecule has 128 valence electrons. The smallest absolute Gasteiger partial charge is 0.407 e. The molecular formula is C16H26N4O3. The lowest BCUT2D eigenvalue weighted by Gasteiger charge is -2.30. The average molecular weight is 322 g/mol. The first-order valence-corrected chi connectivity index (χ1v) is 8.23. The summed E-state index contributed by atoms with van der Waals surface area (Å²) in [6.07, 6.45) is -0.869.